The van der Waals surface area contributed by atoms with E-state index in [0.29, 0.717) is 16.9 Å². The molecule has 0 saturated carbocycles. The smallest absolute Gasteiger partial charge is 0.256 e. The van der Waals surface area contributed by atoms with Crippen molar-refractivity contribution < 1.29 is 9.18 Å². The molecule has 1 saturated heterocycles. The van der Waals surface area contributed by atoms with E-state index in [1.54, 1.807) is 18.0 Å². The van der Waals surface area contributed by atoms with Crippen LogP contribution in [0.1, 0.15) is 16.8 Å². The Kier molecular flexibility index (Phi) is 4.35. The highest BCUT2D eigenvalue weighted by Crippen LogP contribution is 2.18. The molecule has 98 valence electrons. The van der Waals surface area contributed by atoms with Gasteiger partial charge in [0.25, 0.3) is 5.91 Å². The average Bonchev–Trinajstić information content (AvgIpc) is 2.84. The fourth-order valence-electron chi connectivity index (χ4n) is 2.21. The number of nitrogens with zero attached hydrogens (tertiary/aromatic N) is 1. The van der Waals surface area contributed by atoms with Crippen molar-refractivity contribution in [3.63, 3.8) is 0 Å². The number of amides is 1. The highest BCUT2D eigenvalue weighted by molar-refractivity contribution is 9.10. The zero-order valence-electron chi connectivity index (χ0n) is 10.2. The maximum atomic E-state index is 13.6. The summed E-state index contributed by atoms with van der Waals surface area (Å²) >= 11 is 3.25. The standard InChI is InChI=1S/C13H16BrFN2O/c1-17(8-9-4-5-16-7-9)13(18)11-6-10(14)2-3-12(11)15/h2-3,6,9,16H,4-5,7-8H2,1H3. The summed E-state index contributed by atoms with van der Waals surface area (Å²) in [6.45, 7) is 2.59. The van der Waals surface area contributed by atoms with E-state index >= 15 is 0 Å². The van der Waals surface area contributed by atoms with E-state index in [0.717, 1.165) is 19.5 Å². The lowest BCUT2D eigenvalue weighted by molar-refractivity contribution is 0.0771. The molecule has 0 aliphatic carbocycles. The summed E-state index contributed by atoms with van der Waals surface area (Å²) in [5.41, 5.74) is 0.123. The van der Waals surface area contributed by atoms with Gasteiger partial charge in [-0.05, 0) is 43.6 Å². The fourth-order valence-corrected chi connectivity index (χ4v) is 2.57. The second kappa shape index (κ2) is 5.80. The van der Waals surface area contributed by atoms with Crippen molar-refractivity contribution in [2.45, 2.75) is 6.42 Å². The molecule has 18 heavy (non-hydrogen) atoms. The Balaban J connectivity index is 2.07. The van der Waals surface area contributed by atoms with Crippen molar-refractivity contribution in [3.8, 4) is 0 Å². The van der Waals surface area contributed by atoms with E-state index in [-0.39, 0.29) is 11.5 Å². The third-order valence-electron chi connectivity index (χ3n) is 3.20. The maximum absolute atomic E-state index is 13.6. The van der Waals surface area contributed by atoms with Gasteiger partial charge in [0.15, 0.2) is 0 Å². The molecule has 1 aliphatic heterocycles. The Hall–Kier alpha value is -0.940. The zero-order valence-corrected chi connectivity index (χ0v) is 11.8. The Bertz CT molecular complexity index is 447. The van der Waals surface area contributed by atoms with Crippen molar-refractivity contribution >= 4 is 21.8 Å². The summed E-state index contributed by atoms with van der Waals surface area (Å²) in [5, 5.41) is 3.26. The Morgan fingerprint density at radius 2 is 2.39 bits per heavy atom. The molecular weight excluding hydrogens is 299 g/mol. The molecule has 3 nitrogen and oxygen atoms in total. The van der Waals surface area contributed by atoms with Gasteiger partial charge < -0.3 is 10.2 Å². The third kappa shape index (κ3) is 3.09. The van der Waals surface area contributed by atoms with Crippen LogP contribution in [0.4, 0.5) is 4.39 Å². The van der Waals surface area contributed by atoms with E-state index < -0.39 is 5.82 Å². The first kappa shape index (κ1) is 13.5. The molecular formula is C13H16BrFN2O. The van der Waals surface area contributed by atoms with Crippen LogP contribution >= 0.6 is 15.9 Å². The minimum Gasteiger partial charge on any atom is -0.341 e. The number of carbonyl (C=O) groups excluding carboxylic acids is 1. The van der Waals surface area contributed by atoms with Crippen LogP contribution < -0.4 is 5.32 Å². The lowest BCUT2D eigenvalue weighted by atomic mass is 10.1. The molecule has 1 N–H and O–H groups in total. The first-order chi connectivity index (χ1) is 8.58. The summed E-state index contributed by atoms with van der Waals surface area (Å²) in [5.74, 6) is -0.269. The fraction of sp³-hybridized carbons (Fsp3) is 0.462. The molecule has 1 aromatic rings. The quantitative estimate of drug-likeness (QED) is 0.928. The molecule has 1 aliphatic rings. The first-order valence-electron chi connectivity index (χ1n) is 5.99. The minimum absolute atomic E-state index is 0.123. The van der Waals surface area contributed by atoms with Crippen molar-refractivity contribution in [3.05, 3.63) is 34.1 Å². The van der Waals surface area contributed by atoms with E-state index in [2.05, 4.69) is 21.2 Å². The van der Waals surface area contributed by atoms with Crippen LogP contribution in [0.2, 0.25) is 0 Å². The summed E-state index contributed by atoms with van der Waals surface area (Å²) < 4.78 is 14.3. The molecule has 0 radical (unpaired) electrons. The Labute approximate surface area is 114 Å². The largest absolute Gasteiger partial charge is 0.341 e. The monoisotopic (exact) mass is 314 g/mol. The van der Waals surface area contributed by atoms with Crippen molar-refractivity contribution in [1.82, 2.24) is 10.2 Å². The highest BCUT2D eigenvalue weighted by Gasteiger charge is 2.21. The Morgan fingerprint density at radius 3 is 3.06 bits per heavy atom. The van der Waals surface area contributed by atoms with Gasteiger partial charge in [0.1, 0.15) is 5.82 Å². The molecule has 0 aromatic heterocycles. The van der Waals surface area contributed by atoms with Crippen LogP contribution in [0.3, 0.4) is 0 Å². The SMILES string of the molecule is CN(CC1CCNC1)C(=O)c1cc(Br)ccc1F. The van der Waals surface area contributed by atoms with Gasteiger partial charge >= 0.3 is 0 Å². The van der Waals surface area contributed by atoms with E-state index in [1.807, 2.05) is 0 Å². The second-order valence-corrected chi connectivity index (χ2v) is 5.58. The summed E-state index contributed by atoms with van der Waals surface area (Å²) in [4.78, 5) is 13.7. The first-order valence-corrected chi connectivity index (χ1v) is 6.78. The van der Waals surface area contributed by atoms with Gasteiger partial charge in [-0.1, -0.05) is 15.9 Å². The molecule has 0 bridgehead atoms. The van der Waals surface area contributed by atoms with Gasteiger partial charge in [-0.25, -0.2) is 4.39 Å². The molecule has 1 unspecified atom stereocenters. The third-order valence-corrected chi connectivity index (χ3v) is 3.69. The average molecular weight is 315 g/mol. The van der Waals surface area contributed by atoms with Gasteiger partial charge in [-0.15, -0.1) is 0 Å². The van der Waals surface area contributed by atoms with Crippen LogP contribution in [0, 0.1) is 11.7 Å². The van der Waals surface area contributed by atoms with Gasteiger partial charge in [0.2, 0.25) is 0 Å². The van der Waals surface area contributed by atoms with Crippen LogP contribution in [-0.2, 0) is 0 Å². The van der Waals surface area contributed by atoms with Crippen molar-refractivity contribution in [1.29, 1.82) is 0 Å². The van der Waals surface area contributed by atoms with Gasteiger partial charge in [-0.2, -0.15) is 0 Å². The molecule has 1 fully saturated rings. The number of carbonyl (C=O) groups is 1. The van der Waals surface area contributed by atoms with Crippen LogP contribution in [0.25, 0.3) is 0 Å². The number of halogens is 2. The zero-order chi connectivity index (χ0) is 13.1. The lowest BCUT2D eigenvalue weighted by Crippen LogP contribution is -2.33. The molecule has 1 aromatic carbocycles. The second-order valence-electron chi connectivity index (χ2n) is 4.67. The summed E-state index contributed by atoms with van der Waals surface area (Å²) in [6.07, 6.45) is 1.07. The van der Waals surface area contributed by atoms with Crippen LogP contribution in [-0.4, -0.2) is 37.5 Å². The highest BCUT2D eigenvalue weighted by atomic mass is 79.9. The molecule has 0 spiro atoms. The summed E-state index contributed by atoms with van der Waals surface area (Å²) in [7, 11) is 1.72. The number of nitrogens with one attached hydrogen (secondary N) is 1. The van der Waals surface area contributed by atoms with E-state index in [9.17, 15) is 9.18 Å². The number of benzene rings is 1. The number of rotatable bonds is 3. The lowest BCUT2D eigenvalue weighted by Gasteiger charge is -2.21. The van der Waals surface area contributed by atoms with Gasteiger partial charge in [-0.3, -0.25) is 4.79 Å². The minimum atomic E-state index is -0.473. The maximum Gasteiger partial charge on any atom is 0.256 e. The normalized spacial score (nSPS) is 18.9. The van der Waals surface area contributed by atoms with Crippen molar-refractivity contribution in [2.75, 3.05) is 26.7 Å². The van der Waals surface area contributed by atoms with Gasteiger partial charge in [0.05, 0.1) is 5.56 Å². The summed E-state index contributed by atoms with van der Waals surface area (Å²) in [6, 6.07) is 4.43. The molecule has 2 rings (SSSR count). The Morgan fingerprint density at radius 1 is 1.61 bits per heavy atom. The van der Waals surface area contributed by atoms with Crippen LogP contribution in [0.15, 0.2) is 22.7 Å². The van der Waals surface area contributed by atoms with Crippen LogP contribution in [0.5, 0.6) is 0 Å². The predicted octanol–water partition coefficient (Wildman–Crippen LogP) is 2.27. The van der Waals surface area contributed by atoms with Crippen molar-refractivity contribution in [2.24, 2.45) is 5.92 Å². The molecule has 1 heterocycles. The predicted molar refractivity (Wildman–Crippen MR) is 72.0 cm³/mol. The topological polar surface area (TPSA) is 32.3 Å². The molecule has 1 atom stereocenters. The number of hydrogen-bond donors (Lipinski definition) is 1. The molecule has 1 amide bonds. The van der Waals surface area contributed by atoms with E-state index in [1.165, 1.54) is 12.1 Å². The van der Waals surface area contributed by atoms with E-state index in [4.69, 9.17) is 0 Å². The molecule has 5 heteroatoms. The number of hydrogen-bond acceptors (Lipinski definition) is 2. The van der Waals surface area contributed by atoms with Gasteiger partial charge in [0, 0.05) is 18.1 Å².